The Kier molecular flexibility index (Phi) is 5.51. The highest BCUT2D eigenvalue weighted by Gasteiger charge is 2.31. The molecule has 0 unspecified atom stereocenters. The van der Waals surface area contributed by atoms with Crippen LogP contribution in [0.1, 0.15) is 56.0 Å². The Morgan fingerprint density at radius 3 is 2.67 bits per heavy atom. The standard InChI is InChI=1S/C26H25N5O2/c1-3-20-10-11-25(32)31(20)21-9-8-19(28-14-21)7-6-18-13-27-16(2)23-15-29-24(12-22(18)23)30-26(33)17-4-5-17/h8-9,12-15,17,20H,3-5,10-11H2,1-2H3,(H,29,30,33)/t20-/m1/s1. The van der Waals surface area contributed by atoms with Crippen LogP contribution < -0.4 is 10.2 Å². The second-order valence-electron chi connectivity index (χ2n) is 8.65. The summed E-state index contributed by atoms with van der Waals surface area (Å²) in [6.45, 7) is 4.02. The Morgan fingerprint density at radius 2 is 1.94 bits per heavy atom. The van der Waals surface area contributed by atoms with Gasteiger partial charge in [0, 0.05) is 47.2 Å². The Balaban J connectivity index is 1.42. The number of hydrogen-bond donors (Lipinski definition) is 1. The SMILES string of the molecule is CC[C@@H]1CCC(=O)N1c1ccc(C#Cc2cnc(C)c3cnc(NC(=O)C4CC4)cc23)nc1. The lowest BCUT2D eigenvalue weighted by Gasteiger charge is -2.23. The van der Waals surface area contributed by atoms with Gasteiger partial charge in [-0.3, -0.25) is 14.6 Å². The Bertz CT molecular complexity index is 1300. The number of aryl methyl sites for hydroxylation is 1. The molecule has 1 aliphatic carbocycles. The van der Waals surface area contributed by atoms with Crippen molar-refractivity contribution in [3.05, 3.63) is 53.7 Å². The maximum Gasteiger partial charge on any atom is 0.228 e. The Hall–Kier alpha value is -3.79. The molecule has 0 bridgehead atoms. The van der Waals surface area contributed by atoms with Crippen LogP contribution in [0.2, 0.25) is 0 Å². The van der Waals surface area contributed by atoms with Crippen molar-refractivity contribution in [2.45, 2.75) is 52.0 Å². The van der Waals surface area contributed by atoms with Crippen molar-refractivity contribution < 1.29 is 9.59 Å². The number of hydrogen-bond acceptors (Lipinski definition) is 5. The molecule has 7 nitrogen and oxygen atoms in total. The molecular formula is C26H25N5O2. The van der Waals surface area contributed by atoms with E-state index in [0.29, 0.717) is 17.9 Å². The molecule has 7 heteroatoms. The molecule has 1 saturated carbocycles. The molecule has 5 rings (SSSR count). The zero-order valence-electron chi connectivity index (χ0n) is 18.8. The van der Waals surface area contributed by atoms with Crippen molar-refractivity contribution in [2.75, 3.05) is 10.2 Å². The fourth-order valence-electron chi connectivity index (χ4n) is 4.23. The molecule has 2 amide bonds. The molecule has 1 atom stereocenters. The van der Waals surface area contributed by atoms with Crippen LogP contribution in [0.3, 0.4) is 0 Å². The summed E-state index contributed by atoms with van der Waals surface area (Å²) in [4.78, 5) is 39.5. The van der Waals surface area contributed by atoms with E-state index < -0.39 is 0 Å². The third-order valence-corrected chi connectivity index (χ3v) is 6.32. The van der Waals surface area contributed by atoms with Crippen LogP contribution in [0, 0.1) is 24.7 Å². The molecule has 0 aromatic carbocycles. The quantitative estimate of drug-likeness (QED) is 0.621. The van der Waals surface area contributed by atoms with Crippen molar-refractivity contribution in [1.82, 2.24) is 15.0 Å². The average molecular weight is 440 g/mol. The number of anilines is 2. The van der Waals surface area contributed by atoms with E-state index in [1.54, 1.807) is 18.6 Å². The first-order chi connectivity index (χ1) is 16.0. The highest BCUT2D eigenvalue weighted by Crippen LogP contribution is 2.31. The first-order valence-electron chi connectivity index (χ1n) is 11.4. The number of rotatable bonds is 4. The minimum absolute atomic E-state index is 0.0198. The predicted octanol–water partition coefficient (Wildman–Crippen LogP) is 3.99. The number of aromatic nitrogens is 3. The summed E-state index contributed by atoms with van der Waals surface area (Å²) in [6, 6.07) is 5.84. The summed E-state index contributed by atoms with van der Waals surface area (Å²) in [5.74, 6) is 7.08. The number of pyridine rings is 3. The number of carbonyl (C=O) groups excluding carboxylic acids is 2. The van der Waals surface area contributed by atoms with E-state index in [-0.39, 0.29) is 23.8 Å². The zero-order chi connectivity index (χ0) is 22.9. The van der Waals surface area contributed by atoms with Crippen molar-refractivity contribution >= 4 is 34.1 Å². The van der Waals surface area contributed by atoms with Gasteiger partial charge in [-0.25, -0.2) is 9.97 Å². The van der Waals surface area contributed by atoms with Crippen LogP contribution in [-0.4, -0.2) is 32.8 Å². The summed E-state index contributed by atoms with van der Waals surface area (Å²) >= 11 is 0. The summed E-state index contributed by atoms with van der Waals surface area (Å²) in [6.07, 6.45) is 9.48. The third kappa shape index (κ3) is 4.29. The molecular weight excluding hydrogens is 414 g/mol. The highest BCUT2D eigenvalue weighted by molar-refractivity contribution is 5.97. The number of amides is 2. The van der Waals surface area contributed by atoms with E-state index in [4.69, 9.17) is 0 Å². The number of fused-ring (bicyclic) bond motifs is 1. The van der Waals surface area contributed by atoms with Gasteiger partial charge in [0.15, 0.2) is 0 Å². The fraction of sp³-hybridized carbons (Fsp3) is 0.346. The molecule has 0 spiro atoms. The first-order valence-corrected chi connectivity index (χ1v) is 11.4. The second-order valence-corrected chi connectivity index (χ2v) is 8.65. The van der Waals surface area contributed by atoms with Crippen LogP contribution in [0.25, 0.3) is 10.8 Å². The van der Waals surface area contributed by atoms with Gasteiger partial charge in [-0.15, -0.1) is 0 Å². The van der Waals surface area contributed by atoms with Crippen molar-refractivity contribution in [2.24, 2.45) is 5.92 Å². The van der Waals surface area contributed by atoms with Gasteiger partial charge in [0.1, 0.15) is 11.5 Å². The van der Waals surface area contributed by atoms with Crippen molar-refractivity contribution in [3.63, 3.8) is 0 Å². The molecule has 33 heavy (non-hydrogen) atoms. The first kappa shape index (κ1) is 21.1. The fourth-order valence-corrected chi connectivity index (χ4v) is 4.23. The smallest absolute Gasteiger partial charge is 0.228 e. The molecule has 2 fully saturated rings. The summed E-state index contributed by atoms with van der Waals surface area (Å²) in [7, 11) is 0. The van der Waals surface area contributed by atoms with Crippen LogP contribution in [-0.2, 0) is 9.59 Å². The topological polar surface area (TPSA) is 88.1 Å². The average Bonchev–Trinajstić information content (AvgIpc) is 3.61. The lowest BCUT2D eigenvalue weighted by Crippen LogP contribution is -2.32. The number of nitrogens with zero attached hydrogens (tertiary/aromatic N) is 4. The minimum Gasteiger partial charge on any atom is -0.310 e. The van der Waals surface area contributed by atoms with Gasteiger partial charge in [0.05, 0.1) is 17.4 Å². The van der Waals surface area contributed by atoms with Gasteiger partial charge < -0.3 is 10.2 Å². The van der Waals surface area contributed by atoms with Crippen molar-refractivity contribution in [3.8, 4) is 11.8 Å². The third-order valence-electron chi connectivity index (χ3n) is 6.32. The van der Waals surface area contributed by atoms with Crippen molar-refractivity contribution in [1.29, 1.82) is 0 Å². The minimum atomic E-state index is 0.0198. The predicted molar refractivity (Wildman–Crippen MR) is 127 cm³/mol. The van der Waals surface area contributed by atoms with Gasteiger partial charge in [-0.05, 0) is 56.7 Å². The van der Waals surface area contributed by atoms with E-state index in [9.17, 15) is 9.59 Å². The monoisotopic (exact) mass is 439 g/mol. The number of carbonyl (C=O) groups is 2. The molecule has 3 aromatic rings. The van der Waals surface area contributed by atoms with Gasteiger partial charge in [0.25, 0.3) is 0 Å². The number of nitrogens with one attached hydrogen (secondary N) is 1. The summed E-state index contributed by atoms with van der Waals surface area (Å²) in [5.41, 5.74) is 3.03. The van der Waals surface area contributed by atoms with E-state index in [2.05, 4.69) is 39.0 Å². The van der Waals surface area contributed by atoms with Crippen LogP contribution in [0.5, 0.6) is 0 Å². The molecule has 2 aliphatic rings. The molecule has 4 heterocycles. The maximum absolute atomic E-state index is 12.3. The van der Waals surface area contributed by atoms with E-state index in [1.807, 2.05) is 30.0 Å². The van der Waals surface area contributed by atoms with E-state index in [0.717, 1.165) is 53.4 Å². The van der Waals surface area contributed by atoms with Gasteiger partial charge in [0.2, 0.25) is 11.8 Å². The van der Waals surface area contributed by atoms with Gasteiger partial charge in [-0.2, -0.15) is 0 Å². The Morgan fingerprint density at radius 1 is 1.09 bits per heavy atom. The maximum atomic E-state index is 12.3. The molecule has 1 aliphatic heterocycles. The lowest BCUT2D eigenvalue weighted by molar-refractivity contribution is -0.118. The van der Waals surface area contributed by atoms with Crippen LogP contribution in [0.15, 0.2) is 36.8 Å². The molecule has 166 valence electrons. The normalized spacial score (nSPS) is 17.7. The van der Waals surface area contributed by atoms with Gasteiger partial charge >= 0.3 is 0 Å². The molecule has 1 N–H and O–H groups in total. The summed E-state index contributed by atoms with van der Waals surface area (Å²) < 4.78 is 0. The Labute approximate surface area is 192 Å². The summed E-state index contributed by atoms with van der Waals surface area (Å²) in [5, 5.41) is 4.68. The molecule has 0 radical (unpaired) electrons. The van der Waals surface area contributed by atoms with Crippen LogP contribution >= 0.6 is 0 Å². The van der Waals surface area contributed by atoms with Crippen LogP contribution in [0.4, 0.5) is 11.5 Å². The van der Waals surface area contributed by atoms with E-state index >= 15 is 0 Å². The molecule has 1 saturated heterocycles. The highest BCUT2D eigenvalue weighted by atomic mass is 16.2. The lowest BCUT2D eigenvalue weighted by atomic mass is 10.1. The second kappa shape index (κ2) is 8.62. The zero-order valence-corrected chi connectivity index (χ0v) is 18.8. The van der Waals surface area contributed by atoms with Gasteiger partial charge in [-0.1, -0.05) is 12.8 Å². The largest absolute Gasteiger partial charge is 0.310 e. The molecule has 3 aromatic heterocycles. The van der Waals surface area contributed by atoms with E-state index in [1.165, 1.54) is 0 Å².